The Morgan fingerprint density at radius 3 is 2.58 bits per heavy atom. The Labute approximate surface area is 135 Å². The van der Waals surface area contributed by atoms with Gasteiger partial charge in [-0.3, -0.25) is 10.8 Å². The summed E-state index contributed by atoms with van der Waals surface area (Å²) >= 11 is 0. The molecule has 0 fully saturated rings. The zero-order valence-electron chi connectivity index (χ0n) is 12.2. The molecule has 2 aromatic heterocycles. The molecule has 0 unspecified atom stereocenters. The highest BCUT2D eigenvalue weighted by molar-refractivity contribution is 6.45. The maximum atomic E-state index is 8.77. The fraction of sp³-hybridized carbons (Fsp3) is 0. The number of anilines is 1. The van der Waals surface area contributed by atoms with Gasteiger partial charge in [-0.05, 0) is 36.4 Å². The fourth-order valence-corrected chi connectivity index (χ4v) is 1.79. The van der Waals surface area contributed by atoms with E-state index < -0.39 is 5.84 Å². The monoisotopic (exact) mass is 321 g/mol. The Bertz CT molecular complexity index is 918. The van der Waals surface area contributed by atoms with Crippen LogP contribution in [0.3, 0.4) is 0 Å². The van der Waals surface area contributed by atoms with Crippen LogP contribution >= 0.6 is 0 Å². The van der Waals surface area contributed by atoms with Crippen molar-refractivity contribution in [3.05, 3.63) is 42.7 Å². The molecule has 0 amide bonds. The van der Waals surface area contributed by atoms with E-state index in [2.05, 4.69) is 20.7 Å². The van der Waals surface area contributed by atoms with Gasteiger partial charge in [0.15, 0.2) is 11.6 Å². The van der Waals surface area contributed by atoms with Crippen molar-refractivity contribution < 1.29 is 8.83 Å². The van der Waals surface area contributed by atoms with E-state index in [0.29, 0.717) is 28.8 Å². The second-order valence-corrected chi connectivity index (χ2v) is 4.56. The minimum Gasteiger partial charge on any atom is -0.459 e. The van der Waals surface area contributed by atoms with Crippen LogP contribution in [-0.4, -0.2) is 21.7 Å². The summed E-state index contributed by atoms with van der Waals surface area (Å²) in [5, 5.41) is 27.6. The zero-order valence-corrected chi connectivity index (χ0v) is 12.2. The lowest BCUT2D eigenvalue weighted by molar-refractivity contribution is 0.523. The lowest BCUT2D eigenvalue weighted by atomic mass is 10.2. The molecule has 118 valence electrons. The van der Waals surface area contributed by atoms with Gasteiger partial charge in [0.1, 0.15) is 6.07 Å². The molecule has 0 aliphatic heterocycles. The number of nitrogens with two attached hydrogens (primary N) is 1. The molecule has 1 aromatic carbocycles. The van der Waals surface area contributed by atoms with Crippen molar-refractivity contribution in [2.75, 3.05) is 5.43 Å². The van der Waals surface area contributed by atoms with E-state index in [0.717, 1.165) is 0 Å². The first-order valence-corrected chi connectivity index (χ1v) is 6.73. The molecule has 0 radical (unpaired) electrons. The third-order valence-electron chi connectivity index (χ3n) is 2.95. The van der Waals surface area contributed by atoms with Gasteiger partial charge in [0.05, 0.1) is 12.0 Å². The van der Waals surface area contributed by atoms with Gasteiger partial charge in [0.25, 0.3) is 5.89 Å². The molecule has 4 N–H and O–H groups in total. The minimum atomic E-state index is -0.405. The SMILES string of the molecule is N#C/C(=N\Nc1ccc(-c2nnc(-c3ccco3)o2)cc1)C(=N)N. The number of hydrogen-bond acceptors (Lipinski definition) is 8. The Morgan fingerprint density at radius 2 is 1.96 bits per heavy atom. The van der Waals surface area contributed by atoms with Crippen LogP contribution in [0, 0.1) is 16.7 Å². The molecular formula is C15H11N7O2. The standard InChI is InChI=1S/C15H11N7O2/c16-8-11(13(17)18)20-19-10-5-3-9(4-6-10)14-21-22-15(24-14)12-2-1-7-23-12/h1-7,19H,(H3,17,18)/b20-11+. The summed E-state index contributed by atoms with van der Waals surface area (Å²) in [5.74, 6) is 0.729. The van der Waals surface area contributed by atoms with Crippen LogP contribution in [0.15, 0.2) is 56.6 Å². The minimum absolute atomic E-state index is 0.195. The van der Waals surface area contributed by atoms with E-state index in [-0.39, 0.29) is 5.71 Å². The average Bonchev–Trinajstić information content (AvgIpc) is 3.27. The quantitative estimate of drug-likeness (QED) is 0.370. The van der Waals surface area contributed by atoms with E-state index >= 15 is 0 Å². The number of hydrazone groups is 1. The largest absolute Gasteiger partial charge is 0.459 e. The summed E-state index contributed by atoms with van der Waals surface area (Å²) in [6.07, 6.45) is 1.52. The molecule has 0 saturated heterocycles. The number of nitrogens with one attached hydrogen (secondary N) is 2. The number of amidine groups is 1. The number of nitriles is 1. The van der Waals surface area contributed by atoms with Crippen molar-refractivity contribution in [2.24, 2.45) is 10.8 Å². The average molecular weight is 321 g/mol. The van der Waals surface area contributed by atoms with Gasteiger partial charge in [0, 0.05) is 5.56 Å². The van der Waals surface area contributed by atoms with Gasteiger partial charge < -0.3 is 14.6 Å². The van der Waals surface area contributed by atoms with Crippen LogP contribution in [0.2, 0.25) is 0 Å². The number of rotatable bonds is 5. The van der Waals surface area contributed by atoms with E-state index in [1.165, 1.54) is 6.26 Å². The highest BCUT2D eigenvalue weighted by Gasteiger charge is 2.12. The summed E-state index contributed by atoms with van der Waals surface area (Å²) in [5.41, 5.74) is 8.98. The number of aromatic nitrogens is 2. The van der Waals surface area contributed by atoms with E-state index in [1.807, 2.05) is 0 Å². The first-order valence-electron chi connectivity index (χ1n) is 6.73. The summed E-state index contributed by atoms with van der Waals surface area (Å²) in [6.45, 7) is 0. The first-order chi connectivity index (χ1) is 11.7. The smallest absolute Gasteiger partial charge is 0.283 e. The Kier molecular flexibility index (Phi) is 4.03. The van der Waals surface area contributed by atoms with Crippen molar-refractivity contribution >= 4 is 17.2 Å². The first kappa shape index (κ1) is 15.0. The number of hydrogen-bond donors (Lipinski definition) is 3. The lowest BCUT2D eigenvalue weighted by Crippen LogP contribution is -2.21. The van der Waals surface area contributed by atoms with Crippen molar-refractivity contribution in [1.82, 2.24) is 10.2 Å². The van der Waals surface area contributed by atoms with Crippen LogP contribution < -0.4 is 11.2 Å². The molecule has 0 spiro atoms. The predicted molar refractivity (Wildman–Crippen MR) is 86.0 cm³/mol. The van der Waals surface area contributed by atoms with Gasteiger partial charge in [0.2, 0.25) is 11.6 Å². The van der Waals surface area contributed by atoms with Gasteiger partial charge in [-0.25, -0.2) is 0 Å². The summed E-state index contributed by atoms with van der Waals surface area (Å²) in [6, 6.07) is 12.1. The third kappa shape index (κ3) is 3.12. The van der Waals surface area contributed by atoms with Crippen molar-refractivity contribution in [3.8, 4) is 29.2 Å². The van der Waals surface area contributed by atoms with Crippen molar-refractivity contribution in [3.63, 3.8) is 0 Å². The molecule has 0 aliphatic rings. The number of furan rings is 1. The second kappa shape index (κ2) is 6.45. The Morgan fingerprint density at radius 1 is 1.21 bits per heavy atom. The van der Waals surface area contributed by atoms with Crippen LogP contribution in [0.5, 0.6) is 0 Å². The second-order valence-electron chi connectivity index (χ2n) is 4.56. The van der Waals surface area contributed by atoms with Gasteiger partial charge in [-0.2, -0.15) is 10.4 Å². The molecule has 3 rings (SSSR count). The van der Waals surface area contributed by atoms with Crippen LogP contribution in [0.1, 0.15) is 0 Å². The topological polar surface area (TPSA) is 150 Å². The normalized spacial score (nSPS) is 11.0. The molecular weight excluding hydrogens is 310 g/mol. The van der Waals surface area contributed by atoms with E-state index in [9.17, 15) is 0 Å². The highest BCUT2D eigenvalue weighted by Crippen LogP contribution is 2.25. The van der Waals surface area contributed by atoms with Crippen LogP contribution in [0.25, 0.3) is 23.1 Å². The third-order valence-corrected chi connectivity index (χ3v) is 2.95. The molecule has 0 bridgehead atoms. The maximum absolute atomic E-state index is 8.77. The van der Waals surface area contributed by atoms with Gasteiger partial charge in [-0.15, -0.1) is 10.2 Å². The van der Waals surface area contributed by atoms with E-state index in [1.54, 1.807) is 42.5 Å². The van der Waals surface area contributed by atoms with Gasteiger partial charge >= 0.3 is 0 Å². The molecule has 9 nitrogen and oxygen atoms in total. The van der Waals surface area contributed by atoms with Gasteiger partial charge in [-0.1, -0.05) is 0 Å². The Hall–Kier alpha value is -3.93. The van der Waals surface area contributed by atoms with Crippen molar-refractivity contribution in [2.45, 2.75) is 0 Å². The highest BCUT2D eigenvalue weighted by atomic mass is 16.4. The number of benzene rings is 1. The molecule has 0 aliphatic carbocycles. The van der Waals surface area contributed by atoms with Crippen LogP contribution in [-0.2, 0) is 0 Å². The number of nitrogens with zero attached hydrogens (tertiary/aromatic N) is 4. The molecule has 24 heavy (non-hydrogen) atoms. The Balaban J connectivity index is 1.76. The molecule has 0 atom stereocenters. The zero-order chi connectivity index (χ0) is 16.9. The molecule has 0 saturated carbocycles. The summed E-state index contributed by atoms with van der Waals surface area (Å²) in [4.78, 5) is 0. The van der Waals surface area contributed by atoms with E-state index in [4.69, 9.17) is 25.2 Å². The maximum Gasteiger partial charge on any atom is 0.283 e. The lowest BCUT2D eigenvalue weighted by Gasteiger charge is -2.01. The fourth-order valence-electron chi connectivity index (χ4n) is 1.79. The predicted octanol–water partition coefficient (Wildman–Crippen LogP) is 2.22. The van der Waals surface area contributed by atoms with Crippen LogP contribution in [0.4, 0.5) is 5.69 Å². The summed E-state index contributed by atoms with van der Waals surface area (Å²) < 4.78 is 10.7. The molecule has 3 aromatic rings. The summed E-state index contributed by atoms with van der Waals surface area (Å²) in [7, 11) is 0. The molecule has 2 heterocycles. The molecule has 9 heteroatoms. The van der Waals surface area contributed by atoms with Crippen molar-refractivity contribution in [1.29, 1.82) is 10.7 Å².